The predicted molar refractivity (Wildman–Crippen MR) is 93.9 cm³/mol. The van der Waals surface area contributed by atoms with E-state index in [0.717, 1.165) is 11.4 Å². The molecule has 0 aliphatic heterocycles. The van der Waals surface area contributed by atoms with Gasteiger partial charge in [0.2, 0.25) is 0 Å². The molecule has 0 unspecified atom stereocenters. The van der Waals surface area contributed by atoms with Gasteiger partial charge in [0, 0.05) is 0 Å². The maximum Gasteiger partial charge on any atom is 1.00 e. The molecule has 0 spiro atoms. The van der Waals surface area contributed by atoms with Crippen LogP contribution in [0, 0.1) is 0 Å². The predicted octanol–water partition coefficient (Wildman–Crippen LogP) is 1.43. The van der Waals surface area contributed by atoms with Crippen molar-refractivity contribution in [3.05, 3.63) is 84.9 Å². The van der Waals surface area contributed by atoms with E-state index in [0.29, 0.717) is 5.69 Å². The maximum atomic E-state index is 11.0. The number of para-hydroxylation sites is 2. The van der Waals surface area contributed by atoms with E-state index in [-0.39, 0.29) is 34.5 Å². The molecule has 0 saturated carbocycles. The molecule has 6 nitrogen and oxygen atoms in total. The summed E-state index contributed by atoms with van der Waals surface area (Å²) < 4.78 is 32.9. The topological polar surface area (TPSA) is 85.2 Å². The van der Waals surface area contributed by atoms with Crippen molar-refractivity contribution in [3.8, 4) is 0 Å². The van der Waals surface area contributed by atoms with Crippen molar-refractivity contribution in [3.63, 3.8) is 0 Å². The van der Waals surface area contributed by atoms with E-state index >= 15 is 0 Å². The molecule has 8 heteroatoms. The summed E-state index contributed by atoms with van der Waals surface area (Å²) in [6.45, 7) is 0. The third kappa shape index (κ3) is 5.23. The van der Waals surface area contributed by atoms with Gasteiger partial charge in [-0.25, -0.2) is 13.4 Å². The third-order valence-corrected chi connectivity index (χ3v) is 4.23. The summed E-state index contributed by atoms with van der Waals surface area (Å²) in [6.07, 6.45) is 0. The number of nitrogens with zero attached hydrogens (tertiary/aromatic N) is 3. The van der Waals surface area contributed by atoms with Crippen LogP contribution in [0.4, 0.5) is 17.1 Å². The van der Waals surface area contributed by atoms with E-state index in [2.05, 4.69) is 10.3 Å². The molecule has 0 radical (unpaired) electrons. The van der Waals surface area contributed by atoms with Crippen LogP contribution < -0.4 is 34.6 Å². The largest absolute Gasteiger partial charge is 1.00 e. The van der Waals surface area contributed by atoms with Gasteiger partial charge in [-0.2, -0.15) is 0 Å². The number of hydrogen-bond donors (Lipinski definition) is 0. The summed E-state index contributed by atoms with van der Waals surface area (Å²) in [7, 11) is -4.47. The Morgan fingerprint density at radius 2 is 1.19 bits per heavy atom. The summed E-state index contributed by atoms with van der Waals surface area (Å²) in [6, 6.07) is 24.3. The van der Waals surface area contributed by atoms with Gasteiger partial charge in [-0.1, -0.05) is 41.6 Å². The first-order valence-electron chi connectivity index (χ1n) is 7.42. The Bertz CT molecular complexity index is 924. The molecule has 3 aromatic carbocycles. The minimum absolute atomic E-state index is 0. The minimum atomic E-state index is -4.47. The van der Waals surface area contributed by atoms with Crippen molar-refractivity contribution in [2.45, 2.75) is 4.90 Å². The van der Waals surface area contributed by atoms with Crippen molar-refractivity contribution < 1.29 is 42.5 Å². The SMILES string of the molecule is O=S(=O)([O-])c1ccc(N=NN(c2ccccc2)c2ccccc2)cc1.[Na+]. The second kappa shape index (κ2) is 9.07. The van der Waals surface area contributed by atoms with Crippen LogP contribution in [0.5, 0.6) is 0 Å². The van der Waals surface area contributed by atoms with Crippen molar-refractivity contribution >= 4 is 27.2 Å². The Kier molecular flexibility index (Phi) is 7.07. The van der Waals surface area contributed by atoms with Gasteiger partial charge in [-0.3, -0.25) is 0 Å². The average Bonchev–Trinajstić information content (AvgIpc) is 2.63. The molecule has 0 fully saturated rings. The zero-order chi connectivity index (χ0) is 17.7. The molecule has 0 N–H and O–H groups in total. The Balaban J connectivity index is 0.00000243. The van der Waals surface area contributed by atoms with E-state index in [9.17, 15) is 13.0 Å². The summed E-state index contributed by atoms with van der Waals surface area (Å²) in [5.74, 6) is 0. The van der Waals surface area contributed by atoms with E-state index < -0.39 is 10.1 Å². The Labute approximate surface area is 174 Å². The Morgan fingerprint density at radius 1 is 0.731 bits per heavy atom. The van der Waals surface area contributed by atoms with Crippen LogP contribution >= 0.6 is 0 Å². The van der Waals surface area contributed by atoms with Crippen LogP contribution in [-0.4, -0.2) is 13.0 Å². The fourth-order valence-corrected chi connectivity index (χ4v) is 2.64. The standard InChI is InChI=1S/C18H15N3O3S.Na/c22-25(23,24)18-13-11-15(12-14-18)19-20-21(16-7-3-1-4-8-16)17-9-5-2-6-10-17;/h1-14H,(H,22,23,24);/q;+1/p-1. The molecule has 3 rings (SSSR count). The molecule has 0 amide bonds. The number of benzene rings is 3. The van der Waals surface area contributed by atoms with Crippen molar-refractivity contribution in [1.29, 1.82) is 0 Å². The normalized spacial score (nSPS) is 11.1. The molecular weight excluding hydrogens is 361 g/mol. The first-order valence-corrected chi connectivity index (χ1v) is 8.83. The van der Waals surface area contributed by atoms with E-state index in [1.807, 2.05) is 60.7 Å². The van der Waals surface area contributed by atoms with Crippen molar-refractivity contribution in [2.75, 3.05) is 5.01 Å². The zero-order valence-electron chi connectivity index (χ0n) is 14.1. The van der Waals surface area contributed by atoms with Gasteiger partial charge in [0.15, 0.2) is 0 Å². The van der Waals surface area contributed by atoms with Crippen LogP contribution in [0.15, 0.2) is 100 Å². The first kappa shape index (κ1) is 20.3. The van der Waals surface area contributed by atoms with Crippen LogP contribution in [0.3, 0.4) is 0 Å². The average molecular weight is 375 g/mol. The number of anilines is 2. The second-order valence-electron chi connectivity index (χ2n) is 5.12. The fraction of sp³-hybridized carbons (Fsp3) is 0. The van der Waals surface area contributed by atoms with E-state index in [1.54, 1.807) is 5.01 Å². The third-order valence-electron chi connectivity index (χ3n) is 3.38. The quantitative estimate of drug-likeness (QED) is 0.292. The molecule has 0 aromatic heterocycles. The van der Waals surface area contributed by atoms with E-state index in [1.165, 1.54) is 24.3 Å². The molecule has 26 heavy (non-hydrogen) atoms. The Hall–Kier alpha value is -2.03. The van der Waals surface area contributed by atoms with Crippen LogP contribution in [0.25, 0.3) is 0 Å². The van der Waals surface area contributed by atoms with E-state index in [4.69, 9.17) is 0 Å². The van der Waals surface area contributed by atoms with Gasteiger partial charge in [-0.05, 0) is 48.5 Å². The van der Waals surface area contributed by atoms with Crippen LogP contribution in [0.2, 0.25) is 0 Å². The smallest absolute Gasteiger partial charge is 0.744 e. The molecule has 3 aromatic rings. The molecule has 0 bridgehead atoms. The minimum Gasteiger partial charge on any atom is -0.744 e. The van der Waals surface area contributed by atoms with Gasteiger partial charge < -0.3 is 4.55 Å². The summed E-state index contributed by atoms with van der Waals surface area (Å²) >= 11 is 0. The second-order valence-corrected chi connectivity index (χ2v) is 6.50. The van der Waals surface area contributed by atoms with Crippen molar-refractivity contribution in [1.82, 2.24) is 0 Å². The molecule has 0 atom stereocenters. The zero-order valence-corrected chi connectivity index (χ0v) is 16.9. The van der Waals surface area contributed by atoms with Gasteiger partial charge >= 0.3 is 29.6 Å². The summed E-state index contributed by atoms with van der Waals surface area (Å²) in [4.78, 5) is -0.297. The number of rotatable bonds is 5. The van der Waals surface area contributed by atoms with Gasteiger partial charge in [0.25, 0.3) is 0 Å². The fourth-order valence-electron chi connectivity index (χ4n) is 2.17. The molecular formula is C18H14N3NaO3S. The molecule has 0 saturated heterocycles. The van der Waals surface area contributed by atoms with Gasteiger partial charge in [0.1, 0.15) is 10.1 Å². The van der Waals surface area contributed by atoms with Gasteiger partial charge in [-0.15, -0.1) is 5.11 Å². The molecule has 0 heterocycles. The monoisotopic (exact) mass is 375 g/mol. The Morgan fingerprint density at radius 3 is 1.62 bits per heavy atom. The molecule has 126 valence electrons. The first-order chi connectivity index (χ1) is 12.0. The van der Waals surface area contributed by atoms with Crippen molar-refractivity contribution in [2.24, 2.45) is 10.3 Å². The van der Waals surface area contributed by atoms with Crippen LogP contribution in [0.1, 0.15) is 0 Å². The number of hydrogen-bond acceptors (Lipinski definition) is 5. The maximum absolute atomic E-state index is 11.0. The van der Waals surface area contributed by atoms with Gasteiger partial charge in [0.05, 0.1) is 22.0 Å². The molecule has 0 aliphatic carbocycles. The summed E-state index contributed by atoms with van der Waals surface area (Å²) in [5.41, 5.74) is 2.09. The summed E-state index contributed by atoms with van der Waals surface area (Å²) in [5, 5.41) is 10.1. The van der Waals surface area contributed by atoms with Crippen LogP contribution in [-0.2, 0) is 10.1 Å². The molecule has 0 aliphatic rings.